The van der Waals surface area contributed by atoms with Crippen molar-refractivity contribution in [2.24, 2.45) is 0 Å². The van der Waals surface area contributed by atoms with E-state index in [2.05, 4.69) is 23.3 Å². The van der Waals surface area contributed by atoms with Crippen LogP contribution in [0, 0.1) is 0 Å². The molecule has 0 bridgehead atoms. The Labute approximate surface area is 125 Å². The molecule has 1 aromatic heterocycles. The summed E-state index contributed by atoms with van der Waals surface area (Å²) in [6.07, 6.45) is 9.92. The summed E-state index contributed by atoms with van der Waals surface area (Å²) in [6, 6.07) is 1.90. The van der Waals surface area contributed by atoms with Crippen molar-refractivity contribution in [3.8, 4) is 0 Å². The number of halogens is 2. The molecule has 2 nitrogen and oxygen atoms in total. The topological polar surface area (TPSA) is 24.9 Å². The van der Waals surface area contributed by atoms with Gasteiger partial charge in [-0.05, 0) is 44.7 Å². The zero-order valence-corrected chi connectivity index (χ0v) is 12.8. The molecule has 1 unspecified atom stereocenters. The maximum Gasteiger partial charge on any atom is 0.0802 e. The highest BCUT2D eigenvalue weighted by Crippen LogP contribution is 2.33. The van der Waals surface area contributed by atoms with E-state index in [0.717, 1.165) is 31.5 Å². The Balaban J connectivity index is 2.27. The Hall–Kier alpha value is -0.570. The van der Waals surface area contributed by atoms with Crippen molar-refractivity contribution in [1.29, 1.82) is 0 Å². The zero-order valence-electron chi connectivity index (χ0n) is 11.3. The van der Waals surface area contributed by atoms with E-state index in [9.17, 15) is 0 Å². The monoisotopic (exact) mass is 298 g/mol. The highest BCUT2D eigenvalue weighted by Gasteiger charge is 2.21. The molecule has 2 rings (SSSR count). The van der Waals surface area contributed by atoms with Gasteiger partial charge in [0.1, 0.15) is 0 Å². The molecule has 19 heavy (non-hydrogen) atoms. The molecule has 4 heteroatoms. The Morgan fingerprint density at radius 2 is 2.21 bits per heavy atom. The Kier molecular flexibility index (Phi) is 5.68. The highest BCUT2D eigenvalue weighted by molar-refractivity contribution is 6.34. The fourth-order valence-corrected chi connectivity index (χ4v) is 2.94. The van der Waals surface area contributed by atoms with Gasteiger partial charge in [-0.2, -0.15) is 0 Å². The van der Waals surface area contributed by atoms with Crippen molar-refractivity contribution in [2.45, 2.75) is 45.1 Å². The second-order valence-corrected chi connectivity index (χ2v) is 5.78. The van der Waals surface area contributed by atoms with E-state index in [1.54, 1.807) is 12.3 Å². The Morgan fingerprint density at radius 3 is 2.84 bits per heavy atom. The molecule has 0 amide bonds. The number of nitrogens with one attached hydrogen (secondary N) is 1. The summed E-state index contributed by atoms with van der Waals surface area (Å²) >= 11 is 12.2. The lowest BCUT2D eigenvalue weighted by atomic mass is 9.92. The predicted molar refractivity (Wildman–Crippen MR) is 81.8 cm³/mol. The molecule has 1 heterocycles. The first kappa shape index (κ1) is 14.8. The number of hydrogen-bond acceptors (Lipinski definition) is 2. The van der Waals surface area contributed by atoms with Gasteiger partial charge < -0.3 is 5.32 Å². The molecular weight excluding hydrogens is 279 g/mol. The minimum atomic E-state index is 0.130. The van der Waals surface area contributed by atoms with Crippen LogP contribution in [0.1, 0.15) is 50.8 Å². The molecule has 1 atom stereocenters. The van der Waals surface area contributed by atoms with Crippen LogP contribution in [0.4, 0.5) is 0 Å². The first-order valence-corrected chi connectivity index (χ1v) is 7.71. The van der Waals surface area contributed by atoms with E-state index in [1.165, 1.54) is 18.4 Å². The average Bonchev–Trinajstić information content (AvgIpc) is 2.42. The van der Waals surface area contributed by atoms with Crippen LogP contribution >= 0.6 is 23.2 Å². The van der Waals surface area contributed by atoms with Crippen LogP contribution in [0.15, 0.2) is 23.9 Å². The van der Waals surface area contributed by atoms with Crippen molar-refractivity contribution in [3.63, 3.8) is 0 Å². The molecule has 0 radical (unpaired) electrons. The summed E-state index contributed by atoms with van der Waals surface area (Å²) in [7, 11) is 0. The van der Waals surface area contributed by atoms with E-state index < -0.39 is 0 Å². The fraction of sp³-hybridized carbons (Fsp3) is 0.533. The third kappa shape index (κ3) is 3.95. The third-order valence-electron chi connectivity index (χ3n) is 3.41. The fourth-order valence-electron chi connectivity index (χ4n) is 2.45. The number of hydrogen-bond donors (Lipinski definition) is 1. The summed E-state index contributed by atoms with van der Waals surface area (Å²) < 4.78 is 0. The number of allylic oxidation sites excluding steroid dienone is 1. The highest BCUT2D eigenvalue weighted by atomic mass is 35.5. The first-order valence-electron chi connectivity index (χ1n) is 6.95. The van der Waals surface area contributed by atoms with Crippen molar-refractivity contribution in [1.82, 2.24) is 10.3 Å². The van der Waals surface area contributed by atoms with E-state index in [4.69, 9.17) is 23.2 Å². The van der Waals surface area contributed by atoms with Crippen molar-refractivity contribution < 1.29 is 0 Å². The molecule has 0 aromatic carbocycles. The maximum absolute atomic E-state index is 6.31. The number of pyridine rings is 1. The smallest absolute Gasteiger partial charge is 0.0802 e. The normalized spacial score (nSPS) is 17.1. The second-order valence-electron chi connectivity index (χ2n) is 4.93. The molecule has 0 saturated carbocycles. The summed E-state index contributed by atoms with van der Waals surface area (Å²) in [5.74, 6) is 0. The van der Waals surface area contributed by atoms with Crippen molar-refractivity contribution in [3.05, 3.63) is 39.7 Å². The molecular formula is C15H20Cl2N2. The minimum absolute atomic E-state index is 0.130. The van der Waals surface area contributed by atoms with Crippen molar-refractivity contribution in [2.75, 3.05) is 6.54 Å². The molecule has 0 spiro atoms. The van der Waals surface area contributed by atoms with Crippen LogP contribution in [0.5, 0.6) is 0 Å². The molecule has 1 aromatic rings. The summed E-state index contributed by atoms with van der Waals surface area (Å²) in [5, 5.41) is 4.79. The van der Waals surface area contributed by atoms with Gasteiger partial charge >= 0.3 is 0 Å². The third-order valence-corrected chi connectivity index (χ3v) is 3.91. The van der Waals surface area contributed by atoms with Crippen molar-refractivity contribution >= 4 is 23.2 Å². The van der Waals surface area contributed by atoms with Gasteiger partial charge in [-0.15, -0.1) is 0 Å². The van der Waals surface area contributed by atoms with Gasteiger partial charge in [0.25, 0.3) is 0 Å². The van der Waals surface area contributed by atoms with Crippen LogP contribution in [-0.4, -0.2) is 11.5 Å². The zero-order chi connectivity index (χ0) is 13.7. The van der Waals surface area contributed by atoms with Crippen LogP contribution < -0.4 is 5.32 Å². The standard InChI is InChI=1S/C15H20Cl2N2/c1-2-8-18-14(11-6-4-3-5-7-11)15-13(17)9-12(16)10-19-15/h6,9-10,14,18H,2-5,7-8H2,1H3. The molecule has 1 N–H and O–H groups in total. The molecule has 1 aliphatic rings. The minimum Gasteiger partial charge on any atom is -0.305 e. The summed E-state index contributed by atoms with van der Waals surface area (Å²) in [4.78, 5) is 4.44. The number of aromatic nitrogens is 1. The summed E-state index contributed by atoms with van der Waals surface area (Å²) in [6.45, 7) is 3.12. The first-order chi connectivity index (χ1) is 9.22. The second kappa shape index (κ2) is 7.28. The van der Waals surface area contributed by atoms with Crippen LogP contribution in [0.3, 0.4) is 0 Å². The maximum atomic E-state index is 6.31. The quantitative estimate of drug-likeness (QED) is 0.780. The largest absolute Gasteiger partial charge is 0.305 e. The van der Waals surface area contributed by atoms with Gasteiger partial charge in [0, 0.05) is 6.20 Å². The van der Waals surface area contributed by atoms with Gasteiger partial charge in [-0.3, -0.25) is 4.98 Å². The molecule has 0 aliphatic heterocycles. The van der Waals surface area contributed by atoms with E-state index >= 15 is 0 Å². The van der Waals surface area contributed by atoms with Crippen LogP contribution in [-0.2, 0) is 0 Å². The van der Waals surface area contributed by atoms with Gasteiger partial charge in [-0.25, -0.2) is 0 Å². The Bertz CT molecular complexity index is 457. The number of rotatable bonds is 5. The van der Waals surface area contributed by atoms with E-state index in [0.29, 0.717) is 10.0 Å². The lowest BCUT2D eigenvalue weighted by molar-refractivity contribution is 0.537. The van der Waals surface area contributed by atoms with Gasteiger partial charge in [0.05, 0.1) is 21.8 Å². The van der Waals surface area contributed by atoms with Gasteiger partial charge in [0.2, 0.25) is 0 Å². The molecule has 0 fully saturated rings. The van der Waals surface area contributed by atoms with Gasteiger partial charge in [-0.1, -0.05) is 41.8 Å². The number of nitrogens with zero attached hydrogens (tertiary/aromatic N) is 1. The molecule has 0 saturated heterocycles. The Morgan fingerprint density at radius 1 is 1.37 bits per heavy atom. The SMILES string of the molecule is CCCNC(C1=CCCCC1)c1ncc(Cl)cc1Cl. The average molecular weight is 299 g/mol. The lowest BCUT2D eigenvalue weighted by Gasteiger charge is -2.24. The van der Waals surface area contributed by atoms with E-state index in [1.807, 2.05) is 0 Å². The molecule has 104 valence electrons. The predicted octanol–water partition coefficient (Wildman–Crippen LogP) is 4.93. The van der Waals surface area contributed by atoms with Gasteiger partial charge in [0.15, 0.2) is 0 Å². The van der Waals surface area contributed by atoms with E-state index in [-0.39, 0.29) is 6.04 Å². The lowest BCUT2D eigenvalue weighted by Crippen LogP contribution is -2.26. The van der Waals surface area contributed by atoms with Crippen LogP contribution in [0.2, 0.25) is 10.0 Å². The molecule has 1 aliphatic carbocycles. The summed E-state index contributed by atoms with van der Waals surface area (Å²) in [5.41, 5.74) is 2.31. The van der Waals surface area contributed by atoms with Crippen LogP contribution in [0.25, 0.3) is 0 Å².